The number of nitrogens with zero attached hydrogens (tertiary/aromatic N) is 1. The van der Waals surface area contributed by atoms with Gasteiger partial charge in [0.2, 0.25) is 6.29 Å². The third-order valence-corrected chi connectivity index (χ3v) is 2.86. The van der Waals surface area contributed by atoms with Crippen molar-refractivity contribution in [1.82, 2.24) is 0 Å². The van der Waals surface area contributed by atoms with Gasteiger partial charge in [0.05, 0.1) is 5.56 Å². The zero-order chi connectivity index (χ0) is 12.5. The van der Waals surface area contributed by atoms with Crippen molar-refractivity contribution < 1.29 is 14.7 Å². The molecule has 1 unspecified atom stereocenters. The van der Waals surface area contributed by atoms with Crippen LogP contribution >= 0.6 is 0 Å². The molecule has 2 aromatic rings. The van der Waals surface area contributed by atoms with Gasteiger partial charge in [-0.15, -0.1) is 0 Å². The summed E-state index contributed by atoms with van der Waals surface area (Å²) in [6.07, 6.45) is -0.920. The van der Waals surface area contributed by atoms with Crippen LogP contribution in [0.4, 0.5) is 0 Å². The highest BCUT2D eigenvalue weighted by Gasteiger charge is 2.22. The number of oxime groups is 1. The van der Waals surface area contributed by atoms with E-state index in [0.717, 1.165) is 22.1 Å². The highest BCUT2D eigenvalue weighted by Crippen LogP contribution is 2.32. The van der Waals surface area contributed by atoms with Crippen molar-refractivity contribution in [2.24, 2.45) is 5.16 Å². The van der Waals surface area contributed by atoms with E-state index in [0.29, 0.717) is 12.3 Å². The average molecular weight is 243 g/mol. The van der Waals surface area contributed by atoms with E-state index in [4.69, 9.17) is 14.7 Å². The Hall–Kier alpha value is -2.07. The van der Waals surface area contributed by atoms with Crippen molar-refractivity contribution in [3.63, 3.8) is 0 Å². The zero-order valence-corrected chi connectivity index (χ0v) is 9.96. The Morgan fingerprint density at radius 3 is 2.94 bits per heavy atom. The topological polar surface area (TPSA) is 51.0 Å². The maximum Gasteiger partial charge on any atom is 0.221 e. The Labute approximate surface area is 104 Å². The SMILES string of the molecule is CC(O)O/N=C1\COc2ccc3ccccc3c21. The number of ether oxygens (including phenoxy) is 1. The summed E-state index contributed by atoms with van der Waals surface area (Å²) in [6, 6.07) is 12.0. The molecule has 1 heterocycles. The van der Waals surface area contributed by atoms with E-state index in [9.17, 15) is 0 Å². The predicted octanol–water partition coefficient (Wildman–Crippen LogP) is 2.29. The molecule has 0 radical (unpaired) electrons. The van der Waals surface area contributed by atoms with Crippen LogP contribution < -0.4 is 4.74 Å². The predicted molar refractivity (Wildman–Crippen MR) is 68.7 cm³/mol. The van der Waals surface area contributed by atoms with Crippen molar-refractivity contribution in [2.45, 2.75) is 13.2 Å². The van der Waals surface area contributed by atoms with Crippen molar-refractivity contribution in [3.8, 4) is 5.75 Å². The number of aliphatic hydroxyl groups is 1. The molecule has 92 valence electrons. The lowest BCUT2D eigenvalue weighted by Crippen LogP contribution is -2.08. The first-order chi connectivity index (χ1) is 8.75. The molecule has 1 aliphatic rings. The van der Waals surface area contributed by atoms with E-state index in [1.807, 2.05) is 36.4 Å². The number of aliphatic hydroxyl groups excluding tert-OH is 1. The van der Waals surface area contributed by atoms with Gasteiger partial charge < -0.3 is 14.7 Å². The first-order valence-electron chi connectivity index (χ1n) is 5.81. The summed E-state index contributed by atoms with van der Waals surface area (Å²) < 4.78 is 5.56. The minimum atomic E-state index is -0.920. The van der Waals surface area contributed by atoms with Crippen LogP contribution in [0.1, 0.15) is 12.5 Å². The van der Waals surface area contributed by atoms with E-state index in [-0.39, 0.29) is 0 Å². The van der Waals surface area contributed by atoms with Crippen molar-refractivity contribution >= 4 is 16.5 Å². The maximum atomic E-state index is 9.10. The van der Waals surface area contributed by atoms with Gasteiger partial charge in [-0.3, -0.25) is 0 Å². The molecule has 3 rings (SSSR count). The van der Waals surface area contributed by atoms with Gasteiger partial charge in [0.1, 0.15) is 18.1 Å². The molecule has 0 spiro atoms. The number of hydrogen-bond donors (Lipinski definition) is 1. The Kier molecular flexibility index (Phi) is 2.64. The number of hydrogen-bond acceptors (Lipinski definition) is 4. The normalized spacial score (nSPS) is 17.6. The fraction of sp³-hybridized carbons (Fsp3) is 0.214. The lowest BCUT2D eigenvalue weighted by Gasteiger charge is -2.05. The zero-order valence-electron chi connectivity index (χ0n) is 9.96. The molecule has 1 aliphatic heterocycles. The largest absolute Gasteiger partial charge is 0.486 e. The van der Waals surface area contributed by atoms with Crippen LogP contribution in [0.3, 0.4) is 0 Å². The van der Waals surface area contributed by atoms with Crippen molar-refractivity contribution in [3.05, 3.63) is 42.0 Å². The van der Waals surface area contributed by atoms with Gasteiger partial charge in [-0.05, 0) is 16.8 Å². The Bertz CT molecular complexity index is 619. The number of benzene rings is 2. The van der Waals surface area contributed by atoms with E-state index < -0.39 is 6.29 Å². The lowest BCUT2D eigenvalue weighted by atomic mass is 10.0. The van der Waals surface area contributed by atoms with Crippen LogP contribution in [0.5, 0.6) is 5.75 Å². The smallest absolute Gasteiger partial charge is 0.221 e. The van der Waals surface area contributed by atoms with Crippen LogP contribution in [-0.2, 0) is 4.84 Å². The third-order valence-electron chi connectivity index (χ3n) is 2.86. The molecule has 1 N–H and O–H groups in total. The average Bonchev–Trinajstić information content (AvgIpc) is 2.80. The van der Waals surface area contributed by atoms with E-state index in [1.165, 1.54) is 6.92 Å². The molecule has 1 atom stereocenters. The standard InChI is InChI=1S/C14H13NO3/c1-9(16)18-15-12-8-17-13-7-6-10-4-2-3-5-11(10)14(12)13/h2-7,9,16H,8H2,1H3/b15-12+. The van der Waals surface area contributed by atoms with Crippen LogP contribution in [0, 0.1) is 0 Å². The summed E-state index contributed by atoms with van der Waals surface area (Å²) in [7, 11) is 0. The van der Waals surface area contributed by atoms with Crippen LogP contribution in [0.2, 0.25) is 0 Å². The monoisotopic (exact) mass is 243 g/mol. The maximum absolute atomic E-state index is 9.10. The molecule has 0 aliphatic carbocycles. The van der Waals surface area contributed by atoms with Gasteiger partial charge in [0.15, 0.2) is 0 Å². The van der Waals surface area contributed by atoms with Crippen molar-refractivity contribution in [1.29, 1.82) is 0 Å². The Morgan fingerprint density at radius 1 is 1.28 bits per heavy atom. The second kappa shape index (κ2) is 4.31. The highest BCUT2D eigenvalue weighted by atomic mass is 16.7. The molecule has 0 saturated carbocycles. The molecule has 4 heteroatoms. The minimum absolute atomic E-state index is 0.371. The second-order valence-corrected chi connectivity index (χ2v) is 4.19. The van der Waals surface area contributed by atoms with Crippen LogP contribution in [-0.4, -0.2) is 23.7 Å². The molecule has 0 bridgehead atoms. The van der Waals surface area contributed by atoms with Gasteiger partial charge in [-0.25, -0.2) is 0 Å². The van der Waals surface area contributed by atoms with E-state index in [2.05, 4.69) is 5.16 Å². The molecule has 4 nitrogen and oxygen atoms in total. The lowest BCUT2D eigenvalue weighted by molar-refractivity contribution is -0.0838. The summed E-state index contributed by atoms with van der Waals surface area (Å²) >= 11 is 0. The third kappa shape index (κ3) is 1.80. The molecule has 0 aromatic heterocycles. The fourth-order valence-electron chi connectivity index (χ4n) is 2.10. The Balaban J connectivity index is 2.14. The van der Waals surface area contributed by atoms with E-state index in [1.54, 1.807) is 0 Å². The summed E-state index contributed by atoms with van der Waals surface area (Å²) in [5.74, 6) is 0.807. The first kappa shape index (κ1) is 11.0. The van der Waals surface area contributed by atoms with Gasteiger partial charge in [-0.1, -0.05) is 35.5 Å². The quantitative estimate of drug-likeness (QED) is 0.650. The summed E-state index contributed by atoms with van der Waals surface area (Å²) in [5.41, 5.74) is 1.66. The molecular formula is C14H13NO3. The molecule has 0 fully saturated rings. The highest BCUT2D eigenvalue weighted by molar-refractivity contribution is 6.15. The number of fused-ring (bicyclic) bond motifs is 3. The summed E-state index contributed by atoms with van der Waals surface area (Å²) in [5, 5.41) is 15.3. The first-order valence-corrected chi connectivity index (χ1v) is 5.81. The van der Waals surface area contributed by atoms with Gasteiger partial charge in [0, 0.05) is 6.92 Å². The number of rotatable bonds is 2. The van der Waals surface area contributed by atoms with Crippen molar-refractivity contribution in [2.75, 3.05) is 6.61 Å². The fourth-order valence-corrected chi connectivity index (χ4v) is 2.10. The Morgan fingerprint density at radius 2 is 2.11 bits per heavy atom. The molecular weight excluding hydrogens is 230 g/mol. The van der Waals surface area contributed by atoms with E-state index >= 15 is 0 Å². The molecule has 2 aromatic carbocycles. The molecule has 18 heavy (non-hydrogen) atoms. The van der Waals surface area contributed by atoms with Gasteiger partial charge in [0.25, 0.3) is 0 Å². The summed E-state index contributed by atoms with van der Waals surface area (Å²) in [4.78, 5) is 4.90. The van der Waals surface area contributed by atoms with Gasteiger partial charge >= 0.3 is 0 Å². The summed E-state index contributed by atoms with van der Waals surface area (Å²) in [6.45, 7) is 1.89. The van der Waals surface area contributed by atoms with Crippen LogP contribution in [0.25, 0.3) is 10.8 Å². The molecule has 0 saturated heterocycles. The van der Waals surface area contributed by atoms with Crippen LogP contribution in [0.15, 0.2) is 41.6 Å². The second-order valence-electron chi connectivity index (χ2n) is 4.19. The van der Waals surface area contributed by atoms with Gasteiger partial charge in [-0.2, -0.15) is 0 Å². The molecule has 0 amide bonds. The minimum Gasteiger partial charge on any atom is -0.486 e.